The maximum absolute atomic E-state index is 12.4. The number of para-hydroxylation sites is 1. The van der Waals surface area contributed by atoms with Crippen LogP contribution in [0.1, 0.15) is 44.0 Å². The number of nitrogens with one attached hydrogen (secondary N) is 3. The van der Waals surface area contributed by atoms with E-state index in [4.69, 9.17) is 0 Å². The highest BCUT2D eigenvalue weighted by atomic mass is 16.2. The maximum atomic E-state index is 12.4. The van der Waals surface area contributed by atoms with Crippen molar-refractivity contribution in [1.29, 1.82) is 0 Å². The van der Waals surface area contributed by atoms with Crippen LogP contribution in [-0.4, -0.2) is 40.7 Å². The Bertz CT molecular complexity index is 857. The molecule has 1 aromatic carbocycles. The lowest BCUT2D eigenvalue weighted by Crippen LogP contribution is -2.49. The third kappa shape index (κ3) is 4.13. The van der Waals surface area contributed by atoms with Crippen molar-refractivity contribution in [3.63, 3.8) is 0 Å². The molecule has 2 aromatic rings. The molecule has 7 nitrogen and oxygen atoms in total. The van der Waals surface area contributed by atoms with Crippen molar-refractivity contribution >= 4 is 28.6 Å². The third-order valence-electron chi connectivity index (χ3n) is 4.93. The molecule has 1 saturated heterocycles. The number of H-pyrrole nitrogens is 1. The molecule has 0 radical (unpaired) electrons. The number of benzene rings is 1. The van der Waals surface area contributed by atoms with Gasteiger partial charge in [-0.2, -0.15) is 0 Å². The van der Waals surface area contributed by atoms with Crippen molar-refractivity contribution in [3.8, 4) is 0 Å². The molecule has 7 heteroatoms. The normalized spacial score (nSPS) is 15.6. The van der Waals surface area contributed by atoms with Gasteiger partial charge in [-0.1, -0.05) is 39.0 Å². The van der Waals surface area contributed by atoms with Crippen LogP contribution in [0.5, 0.6) is 0 Å². The number of carbonyl (C=O) groups excluding carboxylic acids is 3. The summed E-state index contributed by atoms with van der Waals surface area (Å²) in [6.45, 7) is 6.81. The number of rotatable bonds is 2. The van der Waals surface area contributed by atoms with Crippen LogP contribution in [0.4, 0.5) is 0 Å². The number of carbonyl (C=O) groups is 3. The fourth-order valence-corrected chi connectivity index (χ4v) is 3.37. The van der Waals surface area contributed by atoms with Crippen LogP contribution in [0.15, 0.2) is 30.5 Å². The van der Waals surface area contributed by atoms with Crippen molar-refractivity contribution in [2.24, 2.45) is 11.3 Å². The molecule has 0 aliphatic carbocycles. The lowest BCUT2D eigenvalue weighted by molar-refractivity contribution is -0.142. The van der Waals surface area contributed by atoms with Gasteiger partial charge in [0, 0.05) is 41.5 Å². The van der Waals surface area contributed by atoms with Crippen LogP contribution in [0, 0.1) is 11.3 Å². The van der Waals surface area contributed by atoms with E-state index in [0.29, 0.717) is 31.5 Å². The summed E-state index contributed by atoms with van der Waals surface area (Å²) in [5, 5.41) is 0.804. The average molecular weight is 370 g/mol. The highest BCUT2D eigenvalue weighted by Crippen LogP contribution is 2.23. The van der Waals surface area contributed by atoms with Crippen LogP contribution in [0.25, 0.3) is 10.9 Å². The molecule has 0 spiro atoms. The Kier molecular flexibility index (Phi) is 5.21. The second-order valence-corrected chi connectivity index (χ2v) is 8.01. The smallest absolute Gasteiger partial charge is 0.271 e. The van der Waals surface area contributed by atoms with Gasteiger partial charge in [-0.05, 0) is 18.9 Å². The van der Waals surface area contributed by atoms with Crippen molar-refractivity contribution in [1.82, 2.24) is 20.7 Å². The van der Waals surface area contributed by atoms with Gasteiger partial charge in [0.25, 0.3) is 5.91 Å². The average Bonchev–Trinajstić information content (AvgIpc) is 3.09. The zero-order valence-corrected chi connectivity index (χ0v) is 16.0. The van der Waals surface area contributed by atoms with E-state index in [1.165, 1.54) is 0 Å². The van der Waals surface area contributed by atoms with Gasteiger partial charge in [-0.3, -0.25) is 25.2 Å². The van der Waals surface area contributed by atoms with E-state index >= 15 is 0 Å². The second kappa shape index (κ2) is 7.42. The summed E-state index contributed by atoms with van der Waals surface area (Å²) in [6, 6.07) is 7.49. The largest absolute Gasteiger partial charge is 0.360 e. The zero-order chi connectivity index (χ0) is 19.6. The number of aromatic amines is 1. The molecule has 2 heterocycles. The third-order valence-corrected chi connectivity index (χ3v) is 4.93. The van der Waals surface area contributed by atoms with Crippen molar-refractivity contribution in [2.75, 3.05) is 13.1 Å². The van der Waals surface area contributed by atoms with Crippen LogP contribution < -0.4 is 10.9 Å². The second-order valence-electron chi connectivity index (χ2n) is 8.01. The van der Waals surface area contributed by atoms with Gasteiger partial charge in [0.05, 0.1) is 5.56 Å². The minimum Gasteiger partial charge on any atom is -0.360 e. The molecule has 27 heavy (non-hydrogen) atoms. The molecule has 0 saturated carbocycles. The summed E-state index contributed by atoms with van der Waals surface area (Å²) in [4.78, 5) is 41.9. The predicted molar refractivity (Wildman–Crippen MR) is 103 cm³/mol. The number of hydrogen-bond acceptors (Lipinski definition) is 3. The first-order valence-electron chi connectivity index (χ1n) is 9.23. The van der Waals surface area contributed by atoms with Crippen molar-refractivity contribution in [3.05, 3.63) is 36.0 Å². The Morgan fingerprint density at radius 3 is 2.41 bits per heavy atom. The molecular formula is C20H26N4O3. The van der Waals surface area contributed by atoms with Gasteiger partial charge in [0.15, 0.2) is 0 Å². The molecule has 1 aromatic heterocycles. The number of hydrogen-bond donors (Lipinski definition) is 3. The molecule has 0 unspecified atom stereocenters. The number of hydrazine groups is 1. The molecule has 1 aliphatic heterocycles. The number of amides is 3. The lowest BCUT2D eigenvalue weighted by Gasteiger charge is -2.35. The Balaban J connectivity index is 1.52. The number of piperidine rings is 1. The standard InChI is InChI=1S/C20H26N4O3/c1-20(2,3)19(27)24-10-8-13(9-11-24)17(25)22-23-18(26)15-12-21-16-7-5-4-6-14(15)16/h4-7,12-13,21H,8-11H2,1-3H3,(H,22,25)(H,23,26). The summed E-state index contributed by atoms with van der Waals surface area (Å²) >= 11 is 0. The number of likely N-dealkylation sites (tertiary alicyclic amines) is 1. The summed E-state index contributed by atoms with van der Waals surface area (Å²) in [5.74, 6) is -0.682. The number of nitrogens with zero attached hydrogens (tertiary/aromatic N) is 1. The van der Waals surface area contributed by atoms with Gasteiger partial charge >= 0.3 is 0 Å². The summed E-state index contributed by atoms with van der Waals surface area (Å²) in [5.41, 5.74) is 5.95. The Hall–Kier alpha value is -2.83. The fraction of sp³-hybridized carbons (Fsp3) is 0.450. The predicted octanol–water partition coefficient (Wildman–Crippen LogP) is 2.21. The van der Waals surface area contributed by atoms with Crippen LogP contribution in [-0.2, 0) is 9.59 Å². The SMILES string of the molecule is CC(C)(C)C(=O)N1CCC(C(=O)NNC(=O)c2c[nH]c3ccccc23)CC1. The van der Waals surface area contributed by atoms with Crippen LogP contribution in [0.3, 0.4) is 0 Å². The van der Waals surface area contributed by atoms with E-state index in [0.717, 1.165) is 10.9 Å². The van der Waals surface area contributed by atoms with Crippen LogP contribution >= 0.6 is 0 Å². The highest BCUT2D eigenvalue weighted by Gasteiger charge is 2.32. The number of fused-ring (bicyclic) bond motifs is 1. The molecular weight excluding hydrogens is 344 g/mol. The fourth-order valence-electron chi connectivity index (χ4n) is 3.37. The topological polar surface area (TPSA) is 94.3 Å². The first-order valence-corrected chi connectivity index (χ1v) is 9.23. The lowest BCUT2D eigenvalue weighted by atomic mass is 9.91. The Morgan fingerprint density at radius 2 is 1.74 bits per heavy atom. The van der Waals surface area contributed by atoms with Gasteiger partial charge in [-0.15, -0.1) is 0 Å². The molecule has 144 valence electrons. The van der Waals surface area contributed by atoms with Gasteiger partial charge in [0.1, 0.15) is 0 Å². The van der Waals surface area contributed by atoms with Gasteiger partial charge in [0.2, 0.25) is 11.8 Å². The first kappa shape index (κ1) is 18.9. The zero-order valence-electron chi connectivity index (χ0n) is 16.0. The van der Waals surface area contributed by atoms with E-state index < -0.39 is 5.41 Å². The molecule has 1 aliphatic rings. The van der Waals surface area contributed by atoms with Crippen LogP contribution in [0.2, 0.25) is 0 Å². The Labute approximate surface area is 158 Å². The van der Waals surface area contributed by atoms with Crippen molar-refractivity contribution < 1.29 is 14.4 Å². The molecule has 1 fully saturated rings. The monoisotopic (exact) mass is 370 g/mol. The molecule has 0 bridgehead atoms. The minimum atomic E-state index is -0.414. The molecule has 0 atom stereocenters. The highest BCUT2D eigenvalue weighted by molar-refractivity contribution is 6.07. The van der Waals surface area contributed by atoms with E-state index in [9.17, 15) is 14.4 Å². The summed E-state index contributed by atoms with van der Waals surface area (Å²) in [7, 11) is 0. The molecule has 3 N–H and O–H groups in total. The van der Waals surface area contributed by atoms with Gasteiger partial charge in [-0.25, -0.2) is 0 Å². The van der Waals surface area contributed by atoms with E-state index in [-0.39, 0.29) is 23.6 Å². The number of aromatic nitrogens is 1. The van der Waals surface area contributed by atoms with E-state index in [1.54, 1.807) is 6.20 Å². The van der Waals surface area contributed by atoms with E-state index in [2.05, 4.69) is 15.8 Å². The first-order chi connectivity index (χ1) is 12.8. The maximum Gasteiger partial charge on any atom is 0.271 e. The summed E-state index contributed by atoms with van der Waals surface area (Å²) in [6.07, 6.45) is 2.82. The van der Waals surface area contributed by atoms with E-state index in [1.807, 2.05) is 49.9 Å². The minimum absolute atomic E-state index is 0.106. The van der Waals surface area contributed by atoms with Crippen molar-refractivity contribution in [2.45, 2.75) is 33.6 Å². The Morgan fingerprint density at radius 1 is 1.07 bits per heavy atom. The quantitative estimate of drug-likeness (QED) is 0.708. The molecule has 3 rings (SSSR count). The summed E-state index contributed by atoms with van der Waals surface area (Å²) < 4.78 is 0. The molecule has 3 amide bonds. The van der Waals surface area contributed by atoms with Gasteiger partial charge < -0.3 is 9.88 Å².